The van der Waals surface area contributed by atoms with Crippen LogP contribution in [0.3, 0.4) is 0 Å². The van der Waals surface area contributed by atoms with Crippen LogP contribution in [0.15, 0.2) is 47.3 Å². The van der Waals surface area contributed by atoms with E-state index >= 15 is 0 Å². The molecule has 1 fully saturated rings. The van der Waals surface area contributed by atoms with Crippen LogP contribution < -0.4 is 10.9 Å². The Balaban J connectivity index is 1.80. The zero-order chi connectivity index (χ0) is 21.2. The van der Waals surface area contributed by atoms with E-state index < -0.39 is 28.4 Å². The Kier molecular flexibility index (Phi) is 5.57. The van der Waals surface area contributed by atoms with Gasteiger partial charge in [-0.05, 0) is 13.0 Å². The molecule has 154 valence electrons. The molecule has 0 saturated heterocycles. The first-order valence-electron chi connectivity index (χ1n) is 9.51. The summed E-state index contributed by atoms with van der Waals surface area (Å²) in [5.41, 5.74) is -1.33. The van der Waals surface area contributed by atoms with E-state index in [4.69, 9.17) is 4.74 Å². The van der Waals surface area contributed by atoms with Crippen LogP contribution in [0.1, 0.15) is 27.2 Å². The third-order valence-corrected chi connectivity index (χ3v) is 5.71. The second-order valence-corrected chi connectivity index (χ2v) is 7.71. The Hall–Kier alpha value is -3.00. The number of nitrogens with one attached hydrogen (secondary N) is 1. The zero-order valence-corrected chi connectivity index (χ0v) is 16.7. The number of aliphatic carboxylic acids is 1. The highest BCUT2D eigenvalue weighted by Gasteiger charge is 2.66. The highest BCUT2D eigenvalue weighted by Crippen LogP contribution is 2.51. The largest absolute Gasteiger partial charge is 0.479 e. The summed E-state index contributed by atoms with van der Waals surface area (Å²) in [5, 5.41) is 16.7. The quantitative estimate of drug-likeness (QED) is 0.733. The van der Waals surface area contributed by atoms with Gasteiger partial charge in [-0.2, -0.15) is 5.10 Å². The third-order valence-electron chi connectivity index (χ3n) is 5.71. The van der Waals surface area contributed by atoms with E-state index in [1.54, 1.807) is 19.9 Å². The van der Waals surface area contributed by atoms with Gasteiger partial charge in [-0.1, -0.05) is 44.2 Å². The Morgan fingerprint density at radius 2 is 1.93 bits per heavy atom. The van der Waals surface area contributed by atoms with Crippen molar-refractivity contribution in [3.63, 3.8) is 0 Å². The van der Waals surface area contributed by atoms with Gasteiger partial charge in [0.1, 0.15) is 12.1 Å². The molecule has 29 heavy (non-hydrogen) atoms. The second-order valence-electron chi connectivity index (χ2n) is 7.71. The van der Waals surface area contributed by atoms with Crippen molar-refractivity contribution in [3.8, 4) is 11.3 Å². The van der Waals surface area contributed by atoms with Gasteiger partial charge in [0.2, 0.25) is 5.91 Å². The molecule has 1 aliphatic carbocycles. The fourth-order valence-electron chi connectivity index (χ4n) is 3.78. The van der Waals surface area contributed by atoms with Crippen LogP contribution in [0, 0.1) is 5.41 Å². The molecule has 0 bridgehead atoms. The molecule has 2 aromatic rings. The smallest absolute Gasteiger partial charge is 0.330 e. The number of benzene rings is 1. The number of nitrogens with zero attached hydrogens (tertiary/aromatic N) is 2. The predicted molar refractivity (Wildman–Crippen MR) is 106 cm³/mol. The maximum atomic E-state index is 12.7. The summed E-state index contributed by atoms with van der Waals surface area (Å²) in [5.74, 6) is -1.71. The number of carboxylic acid groups (broad SMARTS) is 1. The molecule has 3 rings (SSSR count). The van der Waals surface area contributed by atoms with Gasteiger partial charge in [0.15, 0.2) is 0 Å². The number of amides is 1. The second kappa shape index (κ2) is 7.79. The molecule has 1 heterocycles. The van der Waals surface area contributed by atoms with Gasteiger partial charge in [0.05, 0.1) is 11.8 Å². The summed E-state index contributed by atoms with van der Waals surface area (Å²) in [6.45, 7) is 5.44. The molecule has 8 nitrogen and oxygen atoms in total. The summed E-state index contributed by atoms with van der Waals surface area (Å²) in [6.07, 6.45) is -0.104. The minimum atomic E-state index is -1.45. The monoisotopic (exact) mass is 399 g/mol. The van der Waals surface area contributed by atoms with Gasteiger partial charge in [-0.25, -0.2) is 9.48 Å². The maximum Gasteiger partial charge on any atom is 0.330 e. The summed E-state index contributed by atoms with van der Waals surface area (Å²) >= 11 is 0. The lowest BCUT2D eigenvalue weighted by molar-refractivity contribution is -0.194. The van der Waals surface area contributed by atoms with E-state index in [0.717, 1.165) is 10.2 Å². The van der Waals surface area contributed by atoms with Crippen molar-refractivity contribution in [2.24, 2.45) is 5.41 Å². The number of aromatic nitrogens is 2. The number of carbonyl (C=O) groups is 2. The predicted octanol–water partition coefficient (Wildman–Crippen LogP) is 1.68. The summed E-state index contributed by atoms with van der Waals surface area (Å²) < 4.78 is 6.64. The fourth-order valence-corrected chi connectivity index (χ4v) is 3.78. The van der Waals surface area contributed by atoms with Gasteiger partial charge in [0.25, 0.3) is 5.56 Å². The van der Waals surface area contributed by atoms with Crippen molar-refractivity contribution in [2.75, 3.05) is 6.61 Å². The molecule has 2 atom stereocenters. The van der Waals surface area contributed by atoms with E-state index in [1.807, 2.05) is 37.3 Å². The number of rotatable bonds is 7. The topological polar surface area (TPSA) is 111 Å². The van der Waals surface area contributed by atoms with Crippen LogP contribution >= 0.6 is 0 Å². The SMILES string of the molecule is CCOC1CC(NC(=O)Cn2nc(-c3ccccc3)ccc2=O)(C(=O)O)C1(C)C. The van der Waals surface area contributed by atoms with Gasteiger partial charge < -0.3 is 15.2 Å². The van der Waals surface area contributed by atoms with Gasteiger partial charge >= 0.3 is 5.97 Å². The first-order valence-corrected chi connectivity index (χ1v) is 9.51. The zero-order valence-electron chi connectivity index (χ0n) is 16.7. The van der Waals surface area contributed by atoms with E-state index in [-0.39, 0.29) is 19.1 Å². The lowest BCUT2D eigenvalue weighted by atomic mass is 9.54. The number of carbonyl (C=O) groups excluding carboxylic acids is 1. The van der Waals surface area contributed by atoms with Gasteiger partial charge in [-0.3, -0.25) is 9.59 Å². The van der Waals surface area contributed by atoms with E-state index in [9.17, 15) is 19.5 Å². The van der Waals surface area contributed by atoms with Crippen LogP contribution in [0.4, 0.5) is 0 Å². The Morgan fingerprint density at radius 1 is 1.24 bits per heavy atom. The van der Waals surface area contributed by atoms with Crippen molar-refractivity contribution in [1.82, 2.24) is 15.1 Å². The molecule has 0 aliphatic heterocycles. The molecule has 8 heteroatoms. The van der Waals surface area contributed by atoms with Crippen molar-refractivity contribution in [3.05, 3.63) is 52.8 Å². The number of hydrogen-bond donors (Lipinski definition) is 2. The van der Waals surface area contributed by atoms with Crippen molar-refractivity contribution >= 4 is 11.9 Å². The minimum absolute atomic E-state index is 0.168. The molecule has 1 aromatic heterocycles. The maximum absolute atomic E-state index is 12.7. The lowest BCUT2D eigenvalue weighted by Gasteiger charge is -2.58. The third kappa shape index (κ3) is 3.67. The van der Waals surface area contributed by atoms with E-state index in [2.05, 4.69) is 10.4 Å². The van der Waals surface area contributed by atoms with Crippen LogP contribution in [0.5, 0.6) is 0 Å². The van der Waals surface area contributed by atoms with Gasteiger partial charge in [-0.15, -0.1) is 0 Å². The first kappa shape index (κ1) is 20.7. The highest BCUT2D eigenvalue weighted by molar-refractivity contribution is 5.89. The highest BCUT2D eigenvalue weighted by atomic mass is 16.5. The van der Waals surface area contributed by atoms with E-state index in [0.29, 0.717) is 12.3 Å². The Morgan fingerprint density at radius 3 is 2.52 bits per heavy atom. The summed E-state index contributed by atoms with van der Waals surface area (Å²) in [6, 6.07) is 12.2. The molecule has 0 spiro atoms. The molecule has 2 unspecified atom stereocenters. The fraction of sp³-hybridized carbons (Fsp3) is 0.429. The van der Waals surface area contributed by atoms with Gasteiger partial charge in [0, 0.05) is 30.1 Å². The van der Waals surface area contributed by atoms with Crippen LogP contribution in [-0.4, -0.2) is 45.0 Å². The standard InChI is InChI=1S/C21H25N3O5/c1-4-29-16-12-21(19(27)28,20(16,2)3)22-17(25)13-24-18(26)11-10-15(23-24)14-8-6-5-7-9-14/h5-11,16H,4,12-13H2,1-3H3,(H,22,25)(H,27,28). The Labute approximate surface area is 168 Å². The van der Waals surface area contributed by atoms with Crippen LogP contribution in [0.25, 0.3) is 11.3 Å². The molecule has 1 amide bonds. The first-order chi connectivity index (χ1) is 13.7. The summed E-state index contributed by atoms with van der Waals surface area (Å²) in [4.78, 5) is 36.8. The molecule has 2 N–H and O–H groups in total. The molecule has 1 aromatic carbocycles. The van der Waals surface area contributed by atoms with Crippen molar-refractivity contribution < 1.29 is 19.4 Å². The van der Waals surface area contributed by atoms with Crippen molar-refractivity contribution in [2.45, 2.75) is 45.4 Å². The van der Waals surface area contributed by atoms with Crippen LogP contribution in [0.2, 0.25) is 0 Å². The molecule has 1 saturated carbocycles. The van der Waals surface area contributed by atoms with Crippen molar-refractivity contribution in [1.29, 1.82) is 0 Å². The average molecular weight is 399 g/mol. The minimum Gasteiger partial charge on any atom is -0.479 e. The summed E-state index contributed by atoms with van der Waals surface area (Å²) in [7, 11) is 0. The Bertz CT molecular complexity index is 970. The lowest BCUT2D eigenvalue weighted by Crippen LogP contribution is -2.76. The molecule has 1 aliphatic rings. The molecular weight excluding hydrogens is 374 g/mol. The van der Waals surface area contributed by atoms with E-state index in [1.165, 1.54) is 6.07 Å². The molecule has 0 radical (unpaired) electrons. The number of hydrogen-bond acceptors (Lipinski definition) is 5. The normalized spacial score (nSPS) is 22.5. The van der Waals surface area contributed by atoms with Crippen LogP contribution in [-0.2, 0) is 20.9 Å². The number of carboxylic acids is 1. The molecular formula is C21H25N3O5. The number of ether oxygens (including phenoxy) is 1. The average Bonchev–Trinajstić information content (AvgIpc) is 2.69.